The first kappa shape index (κ1) is 15.5. The van der Waals surface area contributed by atoms with Crippen LogP contribution in [0.3, 0.4) is 0 Å². The van der Waals surface area contributed by atoms with Gasteiger partial charge in [-0.05, 0) is 48.9 Å². The molecule has 0 bridgehead atoms. The Kier molecular flexibility index (Phi) is 5.22. The van der Waals surface area contributed by atoms with Gasteiger partial charge in [-0.1, -0.05) is 51.5 Å². The molecule has 0 fully saturated rings. The Hall–Kier alpha value is -0.860. The Morgan fingerprint density at radius 2 is 2.00 bits per heavy atom. The summed E-state index contributed by atoms with van der Waals surface area (Å²) < 4.78 is 0. The van der Waals surface area contributed by atoms with Crippen LogP contribution in [0.5, 0.6) is 0 Å². The van der Waals surface area contributed by atoms with E-state index in [2.05, 4.69) is 49.9 Å². The van der Waals surface area contributed by atoms with E-state index in [1.807, 2.05) is 0 Å². The maximum absolute atomic E-state index is 5.94. The van der Waals surface area contributed by atoms with E-state index in [0.29, 0.717) is 6.04 Å². The highest BCUT2D eigenvalue weighted by molar-refractivity contribution is 5.31. The third-order valence-corrected chi connectivity index (χ3v) is 4.62. The summed E-state index contributed by atoms with van der Waals surface area (Å²) in [7, 11) is 0. The predicted molar refractivity (Wildman–Crippen MR) is 86.8 cm³/mol. The van der Waals surface area contributed by atoms with Crippen molar-refractivity contribution in [1.82, 2.24) is 4.90 Å². The average Bonchev–Trinajstić information content (AvgIpc) is 2.67. The highest BCUT2D eigenvalue weighted by atomic mass is 15.2. The van der Waals surface area contributed by atoms with E-state index in [-0.39, 0.29) is 5.41 Å². The number of nitrogens with zero attached hydrogens (tertiary/aromatic N) is 1. The lowest BCUT2D eigenvalue weighted by Crippen LogP contribution is -2.40. The third kappa shape index (κ3) is 3.62. The standard InChI is InChI=1S/C18H30N2/c1-4-20(14-18(2,3)13-19)17-12-8-6-10-15-9-5-7-11-16(15)17/h5,7,9,11,17H,4,6,8,10,12-14,19H2,1-3H3. The SMILES string of the molecule is CCN(CC(C)(C)CN)C1CCCCc2ccccc21. The van der Waals surface area contributed by atoms with E-state index in [9.17, 15) is 0 Å². The van der Waals surface area contributed by atoms with E-state index in [1.54, 1.807) is 11.1 Å². The van der Waals surface area contributed by atoms with Gasteiger partial charge < -0.3 is 5.73 Å². The number of benzene rings is 1. The highest BCUT2D eigenvalue weighted by Gasteiger charge is 2.27. The molecule has 0 spiro atoms. The van der Waals surface area contributed by atoms with Gasteiger partial charge in [-0.25, -0.2) is 0 Å². The van der Waals surface area contributed by atoms with E-state index < -0.39 is 0 Å². The lowest BCUT2D eigenvalue weighted by atomic mass is 9.90. The molecule has 1 atom stereocenters. The molecule has 112 valence electrons. The predicted octanol–water partition coefficient (Wildman–Crippen LogP) is 3.76. The summed E-state index contributed by atoms with van der Waals surface area (Å²) in [6.45, 7) is 9.76. The van der Waals surface area contributed by atoms with Crippen molar-refractivity contribution in [3.8, 4) is 0 Å². The van der Waals surface area contributed by atoms with Crippen LogP contribution in [0.25, 0.3) is 0 Å². The third-order valence-electron chi connectivity index (χ3n) is 4.62. The summed E-state index contributed by atoms with van der Waals surface area (Å²) in [6, 6.07) is 9.60. The van der Waals surface area contributed by atoms with E-state index >= 15 is 0 Å². The molecule has 1 aliphatic rings. The first-order valence-corrected chi connectivity index (χ1v) is 8.09. The van der Waals surface area contributed by atoms with Crippen LogP contribution in [-0.4, -0.2) is 24.5 Å². The fourth-order valence-corrected chi connectivity index (χ4v) is 3.33. The van der Waals surface area contributed by atoms with Gasteiger partial charge in [0.2, 0.25) is 0 Å². The van der Waals surface area contributed by atoms with Gasteiger partial charge >= 0.3 is 0 Å². The fourth-order valence-electron chi connectivity index (χ4n) is 3.33. The van der Waals surface area contributed by atoms with Gasteiger partial charge in [0.1, 0.15) is 0 Å². The molecule has 2 heteroatoms. The van der Waals surface area contributed by atoms with Crippen molar-refractivity contribution in [2.24, 2.45) is 11.1 Å². The summed E-state index contributed by atoms with van der Waals surface area (Å²) in [5.41, 5.74) is 9.24. The second-order valence-electron chi connectivity index (χ2n) is 6.89. The van der Waals surface area contributed by atoms with Crippen molar-refractivity contribution in [2.75, 3.05) is 19.6 Å². The monoisotopic (exact) mass is 274 g/mol. The number of aryl methyl sites for hydroxylation is 1. The Bertz CT molecular complexity index is 425. The van der Waals surface area contributed by atoms with Gasteiger partial charge in [-0.15, -0.1) is 0 Å². The molecule has 0 saturated carbocycles. The highest BCUT2D eigenvalue weighted by Crippen LogP contribution is 2.34. The van der Waals surface area contributed by atoms with Crippen LogP contribution in [0.1, 0.15) is 57.2 Å². The van der Waals surface area contributed by atoms with Crippen molar-refractivity contribution in [3.63, 3.8) is 0 Å². The number of fused-ring (bicyclic) bond motifs is 1. The van der Waals surface area contributed by atoms with E-state index in [0.717, 1.165) is 19.6 Å². The van der Waals surface area contributed by atoms with Crippen molar-refractivity contribution in [1.29, 1.82) is 0 Å². The maximum atomic E-state index is 5.94. The van der Waals surface area contributed by atoms with Crippen LogP contribution in [0.4, 0.5) is 0 Å². The van der Waals surface area contributed by atoms with Crippen molar-refractivity contribution in [2.45, 2.75) is 52.5 Å². The van der Waals surface area contributed by atoms with Crippen LogP contribution in [0, 0.1) is 5.41 Å². The molecule has 0 heterocycles. The van der Waals surface area contributed by atoms with Crippen LogP contribution in [0.15, 0.2) is 24.3 Å². The Labute approximate surface area is 124 Å². The molecule has 2 N–H and O–H groups in total. The second-order valence-corrected chi connectivity index (χ2v) is 6.89. The molecule has 1 aliphatic carbocycles. The van der Waals surface area contributed by atoms with Crippen LogP contribution in [0.2, 0.25) is 0 Å². The quantitative estimate of drug-likeness (QED) is 0.828. The van der Waals surface area contributed by atoms with Crippen LogP contribution >= 0.6 is 0 Å². The molecule has 1 aromatic rings. The van der Waals surface area contributed by atoms with Gasteiger partial charge in [0, 0.05) is 12.6 Å². The molecular weight excluding hydrogens is 244 g/mol. The molecule has 2 rings (SSSR count). The normalized spacial score (nSPS) is 19.8. The minimum Gasteiger partial charge on any atom is -0.330 e. The smallest absolute Gasteiger partial charge is 0.0350 e. The molecule has 20 heavy (non-hydrogen) atoms. The summed E-state index contributed by atoms with van der Waals surface area (Å²) in [6.07, 6.45) is 5.18. The molecule has 1 aromatic carbocycles. The molecule has 0 amide bonds. The lowest BCUT2D eigenvalue weighted by molar-refractivity contribution is 0.132. The van der Waals surface area contributed by atoms with Crippen LogP contribution in [-0.2, 0) is 6.42 Å². The largest absolute Gasteiger partial charge is 0.330 e. The molecule has 0 saturated heterocycles. The molecule has 0 radical (unpaired) electrons. The minimum absolute atomic E-state index is 0.192. The van der Waals surface area contributed by atoms with Gasteiger partial charge in [0.15, 0.2) is 0 Å². The van der Waals surface area contributed by atoms with Gasteiger partial charge in [0.05, 0.1) is 0 Å². The number of hydrogen-bond donors (Lipinski definition) is 1. The Morgan fingerprint density at radius 3 is 2.70 bits per heavy atom. The lowest BCUT2D eigenvalue weighted by Gasteiger charge is -2.37. The minimum atomic E-state index is 0.192. The number of rotatable bonds is 5. The van der Waals surface area contributed by atoms with E-state index in [1.165, 1.54) is 25.7 Å². The van der Waals surface area contributed by atoms with Crippen LogP contribution < -0.4 is 5.73 Å². The maximum Gasteiger partial charge on any atom is 0.0350 e. The first-order chi connectivity index (χ1) is 9.57. The molecule has 1 unspecified atom stereocenters. The molecule has 0 aliphatic heterocycles. The van der Waals surface area contributed by atoms with Crippen molar-refractivity contribution >= 4 is 0 Å². The van der Waals surface area contributed by atoms with Gasteiger partial charge in [0.25, 0.3) is 0 Å². The fraction of sp³-hybridized carbons (Fsp3) is 0.667. The average molecular weight is 274 g/mol. The summed E-state index contributed by atoms with van der Waals surface area (Å²) in [5.74, 6) is 0. The van der Waals surface area contributed by atoms with Crippen molar-refractivity contribution in [3.05, 3.63) is 35.4 Å². The van der Waals surface area contributed by atoms with Crippen molar-refractivity contribution < 1.29 is 0 Å². The summed E-state index contributed by atoms with van der Waals surface area (Å²) in [5, 5.41) is 0. The first-order valence-electron chi connectivity index (χ1n) is 8.09. The molecule has 0 aromatic heterocycles. The second kappa shape index (κ2) is 6.73. The Balaban J connectivity index is 2.25. The topological polar surface area (TPSA) is 29.3 Å². The molecular formula is C18H30N2. The molecule has 2 nitrogen and oxygen atoms in total. The number of hydrogen-bond acceptors (Lipinski definition) is 2. The number of nitrogens with two attached hydrogens (primary N) is 1. The van der Waals surface area contributed by atoms with Gasteiger partial charge in [-0.2, -0.15) is 0 Å². The summed E-state index contributed by atoms with van der Waals surface area (Å²) in [4.78, 5) is 2.64. The zero-order chi connectivity index (χ0) is 14.6. The van der Waals surface area contributed by atoms with E-state index in [4.69, 9.17) is 5.73 Å². The zero-order valence-electron chi connectivity index (χ0n) is 13.4. The zero-order valence-corrected chi connectivity index (χ0v) is 13.4. The summed E-state index contributed by atoms with van der Waals surface area (Å²) >= 11 is 0. The van der Waals surface area contributed by atoms with Gasteiger partial charge in [-0.3, -0.25) is 4.90 Å². The Morgan fingerprint density at radius 1 is 1.25 bits per heavy atom.